The minimum atomic E-state index is 0.300. The van der Waals surface area contributed by atoms with Crippen LogP contribution in [0.2, 0.25) is 5.02 Å². The third-order valence-corrected chi connectivity index (χ3v) is 5.55. The van der Waals surface area contributed by atoms with E-state index in [1.807, 2.05) is 30.9 Å². The molecule has 1 saturated heterocycles. The summed E-state index contributed by atoms with van der Waals surface area (Å²) in [6.07, 6.45) is 4.70. The van der Waals surface area contributed by atoms with Crippen LogP contribution in [0.4, 0.5) is 5.82 Å². The van der Waals surface area contributed by atoms with Crippen molar-refractivity contribution in [2.45, 2.75) is 45.7 Å². The van der Waals surface area contributed by atoms with E-state index in [1.54, 1.807) is 6.20 Å². The van der Waals surface area contributed by atoms with Gasteiger partial charge < -0.3 is 15.5 Å². The van der Waals surface area contributed by atoms with Crippen LogP contribution in [0.5, 0.6) is 0 Å². The van der Waals surface area contributed by atoms with Gasteiger partial charge in [0.15, 0.2) is 5.96 Å². The summed E-state index contributed by atoms with van der Waals surface area (Å²) < 4.78 is 2.00. The first-order valence-electron chi connectivity index (χ1n) is 9.93. The minimum absolute atomic E-state index is 0.300. The maximum Gasteiger partial charge on any atom is 0.191 e. The lowest BCUT2D eigenvalue weighted by Crippen LogP contribution is -2.44. The lowest BCUT2D eigenvalue weighted by atomic mass is 10.1. The lowest BCUT2D eigenvalue weighted by molar-refractivity contribution is 0.647. The summed E-state index contributed by atoms with van der Waals surface area (Å²) in [5.74, 6) is 1.67. The van der Waals surface area contributed by atoms with Crippen molar-refractivity contribution in [1.82, 2.24) is 25.4 Å². The molecule has 0 spiro atoms. The maximum atomic E-state index is 6.29. The zero-order valence-electron chi connectivity index (χ0n) is 17.2. The van der Waals surface area contributed by atoms with E-state index in [0.717, 1.165) is 56.4 Å². The molecule has 1 unspecified atom stereocenters. The van der Waals surface area contributed by atoms with Crippen LogP contribution in [0.25, 0.3) is 0 Å². The van der Waals surface area contributed by atoms with Gasteiger partial charge in [0, 0.05) is 57.2 Å². The van der Waals surface area contributed by atoms with Crippen LogP contribution in [-0.4, -0.2) is 46.9 Å². The topological polar surface area (TPSA) is 70.4 Å². The molecule has 0 aromatic carbocycles. The molecular weight excluding hydrogens is 374 g/mol. The summed E-state index contributed by atoms with van der Waals surface area (Å²) in [5, 5.41) is 12.3. The fourth-order valence-electron chi connectivity index (χ4n) is 3.83. The number of hydrogen-bond acceptors (Lipinski definition) is 4. The van der Waals surface area contributed by atoms with Crippen molar-refractivity contribution in [2.24, 2.45) is 12.0 Å². The van der Waals surface area contributed by atoms with Gasteiger partial charge in [-0.2, -0.15) is 5.10 Å². The van der Waals surface area contributed by atoms with E-state index in [4.69, 9.17) is 11.6 Å². The van der Waals surface area contributed by atoms with Gasteiger partial charge in [0.25, 0.3) is 0 Å². The van der Waals surface area contributed by atoms with Gasteiger partial charge in [-0.15, -0.1) is 0 Å². The predicted octanol–water partition coefficient (Wildman–Crippen LogP) is 2.54. The van der Waals surface area contributed by atoms with Crippen molar-refractivity contribution in [2.75, 3.05) is 25.0 Å². The molecule has 1 aliphatic heterocycles. The third-order valence-electron chi connectivity index (χ3n) is 5.25. The molecular formula is C20H30ClN7. The smallest absolute Gasteiger partial charge is 0.191 e. The molecule has 0 aliphatic carbocycles. The number of guanidine groups is 1. The van der Waals surface area contributed by atoms with E-state index >= 15 is 0 Å². The summed E-state index contributed by atoms with van der Waals surface area (Å²) in [6.45, 7) is 6.82. The molecule has 1 aliphatic rings. The van der Waals surface area contributed by atoms with Gasteiger partial charge in [-0.3, -0.25) is 9.67 Å². The van der Waals surface area contributed by atoms with Gasteiger partial charge in [-0.25, -0.2) is 4.98 Å². The highest BCUT2D eigenvalue weighted by atomic mass is 35.5. The highest BCUT2D eigenvalue weighted by Crippen LogP contribution is 2.25. The van der Waals surface area contributed by atoms with Crippen molar-refractivity contribution < 1.29 is 0 Å². The van der Waals surface area contributed by atoms with Crippen LogP contribution in [0.3, 0.4) is 0 Å². The monoisotopic (exact) mass is 403 g/mol. The largest absolute Gasteiger partial charge is 0.353 e. The molecule has 152 valence electrons. The van der Waals surface area contributed by atoms with E-state index in [9.17, 15) is 0 Å². The molecule has 1 fully saturated rings. The van der Waals surface area contributed by atoms with Crippen LogP contribution >= 0.6 is 11.6 Å². The first-order chi connectivity index (χ1) is 13.6. The van der Waals surface area contributed by atoms with Crippen LogP contribution in [-0.2, 0) is 26.4 Å². The highest BCUT2D eigenvalue weighted by Gasteiger charge is 2.25. The van der Waals surface area contributed by atoms with Gasteiger partial charge in [-0.05, 0) is 31.4 Å². The van der Waals surface area contributed by atoms with Gasteiger partial charge in [0.1, 0.15) is 5.82 Å². The van der Waals surface area contributed by atoms with Crippen molar-refractivity contribution in [3.8, 4) is 0 Å². The standard InChI is InChI=1S/C20H30ClN7/c1-5-17-15(18(6-2)27(4)26-17)12-24-20(22-3)25-14-9-11-28(13-14)19-16(21)8-7-10-23-19/h7-8,10,14H,5-6,9,11-13H2,1-4H3,(H2,22,24,25). The molecule has 0 radical (unpaired) electrons. The Labute approximate surface area is 172 Å². The van der Waals surface area contributed by atoms with Crippen LogP contribution in [0, 0.1) is 0 Å². The third kappa shape index (κ3) is 4.41. The number of anilines is 1. The fraction of sp³-hybridized carbons (Fsp3) is 0.550. The summed E-state index contributed by atoms with van der Waals surface area (Å²) in [5.41, 5.74) is 3.71. The molecule has 2 N–H and O–H groups in total. The quantitative estimate of drug-likeness (QED) is 0.573. The van der Waals surface area contributed by atoms with Crippen molar-refractivity contribution in [3.63, 3.8) is 0 Å². The number of aromatic nitrogens is 3. The number of nitrogens with one attached hydrogen (secondary N) is 2. The molecule has 0 amide bonds. The fourth-order valence-corrected chi connectivity index (χ4v) is 4.08. The molecule has 0 bridgehead atoms. The Hall–Kier alpha value is -2.28. The predicted molar refractivity (Wildman–Crippen MR) is 115 cm³/mol. The summed E-state index contributed by atoms with van der Waals surface area (Å²) in [4.78, 5) is 11.0. The van der Waals surface area contributed by atoms with Gasteiger partial charge in [0.2, 0.25) is 0 Å². The maximum absolute atomic E-state index is 6.29. The normalized spacial score (nSPS) is 17.2. The second-order valence-electron chi connectivity index (χ2n) is 7.01. The lowest BCUT2D eigenvalue weighted by Gasteiger charge is -2.20. The molecule has 28 heavy (non-hydrogen) atoms. The van der Waals surface area contributed by atoms with E-state index in [-0.39, 0.29) is 0 Å². The van der Waals surface area contributed by atoms with Crippen LogP contribution in [0.1, 0.15) is 37.2 Å². The van der Waals surface area contributed by atoms with Crippen molar-refractivity contribution in [1.29, 1.82) is 0 Å². The van der Waals surface area contributed by atoms with Gasteiger partial charge >= 0.3 is 0 Å². The Bertz CT molecular complexity index is 830. The number of rotatable bonds is 6. The molecule has 8 heteroatoms. The number of hydrogen-bond donors (Lipinski definition) is 2. The SMILES string of the molecule is CCc1nn(C)c(CC)c1CNC(=NC)NC1CCN(c2ncccc2Cl)C1. The molecule has 3 rings (SSSR count). The molecule has 3 heterocycles. The Kier molecular flexibility index (Phi) is 6.78. The summed E-state index contributed by atoms with van der Waals surface area (Å²) in [6, 6.07) is 4.04. The Morgan fingerprint density at radius 3 is 2.86 bits per heavy atom. The summed E-state index contributed by atoms with van der Waals surface area (Å²) >= 11 is 6.29. The van der Waals surface area contributed by atoms with Crippen molar-refractivity contribution in [3.05, 3.63) is 40.3 Å². The average Bonchev–Trinajstić information content (AvgIpc) is 3.28. The van der Waals surface area contributed by atoms with Crippen molar-refractivity contribution >= 4 is 23.4 Å². The van der Waals surface area contributed by atoms with E-state index in [2.05, 4.69) is 44.5 Å². The van der Waals surface area contributed by atoms with E-state index < -0.39 is 0 Å². The number of pyridine rings is 1. The van der Waals surface area contributed by atoms with Crippen LogP contribution in [0.15, 0.2) is 23.3 Å². The Morgan fingerprint density at radius 1 is 1.36 bits per heavy atom. The highest BCUT2D eigenvalue weighted by molar-refractivity contribution is 6.32. The first kappa shape index (κ1) is 20.5. The number of aryl methyl sites for hydroxylation is 2. The average molecular weight is 404 g/mol. The zero-order valence-corrected chi connectivity index (χ0v) is 17.9. The molecule has 2 aromatic heterocycles. The molecule has 2 aromatic rings. The number of aliphatic imine (C=N–C) groups is 1. The molecule has 7 nitrogen and oxygen atoms in total. The molecule has 1 atom stereocenters. The number of nitrogens with zero attached hydrogens (tertiary/aromatic N) is 5. The zero-order chi connectivity index (χ0) is 20.1. The second-order valence-corrected chi connectivity index (χ2v) is 7.42. The summed E-state index contributed by atoms with van der Waals surface area (Å²) in [7, 11) is 3.83. The Morgan fingerprint density at radius 2 is 2.18 bits per heavy atom. The van der Waals surface area contributed by atoms with E-state index in [1.165, 1.54) is 11.3 Å². The molecule has 0 saturated carbocycles. The van der Waals surface area contributed by atoms with E-state index in [0.29, 0.717) is 11.1 Å². The second kappa shape index (κ2) is 9.28. The number of halogens is 1. The Balaban J connectivity index is 1.60. The van der Waals surface area contributed by atoms with Gasteiger partial charge in [0.05, 0.1) is 10.7 Å². The minimum Gasteiger partial charge on any atom is -0.353 e. The van der Waals surface area contributed by atoms with Gasteiger partial charge in [-0.1, -0.05) is 25.4 Å². The first-order valence-corrected chi connectivity index (χ1v) is 10.3. The van der Waals surface area contributed by atoms with Crippen LogP contribution < -0.4 is 15.5 Å².